The maximum absolute atomic E-state index is 12.1. The van der Waals surface area contributed by atoms with Crippen LogP contribution in [0.3, 0.4) is 0 Å². The lowest BCUT2D eigenvalue weighted by molar-refractivity contribution is -0.122. The van der Waals surface area contributed by atoms with Crippen LogP contribution in [0, 0.1) is 0 Å². The summed E-state index contributed by atoms with van der Waals surface area (Å²) in [4.78, 5) is 31.4. The summed E-state index contributed by atoms with van der Waals surface area (Å²) < 4.78 is 0. The predicted octanol–water partition coefficient (Wildman–Crippen LogP) is 1.93. The lowest BCUT2D eigenvalue weighted by atomic mass is 9.98. The van der Waals surface area contributed by atoms with E-state index in [1.54, 1.807) is 17.8 Å². The molecule has 134 valence electrons. The van der Waals surface area contributed by atoms with Crippen molar-refractivity contribution in [3.63, 3.8) is 0 Å². The number of hydrogen-bond acceptors (Lipinski definition) is 5. The molecule has 0 radical (unpaired) electrons. The van der Waals surface area contributed by atoms with E-state index < -0.39 is 0 Å². The summed E-state index contributed by atoms with van der Waals surface area (Å²) in [5, 5.41) is 3.72. The molecule has 0 atom stereocenters. The van der Waals surface area contributed by atoms with Gasteiger partial charge in [-0.15, -0.1) is 0 Å². The summed E-state index contributed by atoms with van der Waals surface area (Å²) in [6, 6.07) is 7.29. The monoisotopic (exact) mass is 360 g/mol. The number of hydrogen-bond donors (Lipinski definition) is 3. The third-order valence-corrected chi connectivity index (χ3v) is 5.70. The Morgan fingerprint density at radius 1 is 1.32 bits per heavy atom. The van der Waals surface area contributed by atoms with Crippen LogP contribution in [0.15, 0.2) is 29.1 Å². The number of fused-ring (bicyclic) bond motifs is 1. The third kappa shape index (κ3) is 4.41. The fourth-order valence-corrected chi connectivity index (χ4v) is 4.13. The largest absolute Gasteiger partial charge is 0.349 e. The number of nitrogens with one attached hydrogen (secondary N) is 2. The molecule has 0 bridgehead atoms. The van der Waals surface area contributed by atoms with Crippen LogP contribution in [-0.4, -0.2) is 33.7 Å². The van der Waals surface area contributed by atoms with Gasteiger partial charge in [-0.2, -0.15) is 11.8 Å². The molecule has 0 saturated heterocycles. The van der Waals surface area contributed by atoms with Crippen molar-refractivity contribution in [2.45, 2.75) is 43.4 Å². The first-order valence-corrected chi connectivity index (χ1v) is 9.84. The van der Waals surface area contributed by atoms with Gasteiger partial charge in [0.05, 0.1) is 22.2 Å². The SMILES string of the molecule is NCC1(NC(=O)CCSCc2nc3ccccc3c(=O)[nH]2)CCCC1. The molecule has 4 N–H and O–H groups in total. The molecular formula is C18H24N4O2S. The molecule has 6 nitrogen and oxygen atoms in total. The van der Waals surface area contributed by atoms with Crippen molar-refractivity contribution in [1.29, 1.82) is 0 Å². The fourth-order valence-electron chi connectivity index (χ4n) is 3.33. The van der Waals surface area contributed by atoms with Crippen molar-refractivity contribution in [1.82, 2.24) is 15.3 Å². The Bertz CT molecular complexity index is 799. The molecule has 0 aliphatic heterocycles. The second kappa shape index (κ2) is 8.01. The first-order chi connectivity index (χ1) is 12.1. The van der Waals surface area contributed by atoms with Crippen LogP contribution in [0.25, 0.3) is 10.9 Å². The molecular weight excluding hydrogens is 336 g/mol. The number of H-pyrrole nitrogens is 1. The highest BCUT2D eigenvalue weighted by atomic mass is 32.2. The Morgan fingerprint density at radius 3 is 2.84 bits per heavy atom. The van der Waals surface area contributed by atoms with Gasteiger partial charge in [-0.1, -0.05) is 25.0 Å². The average Bonchev–Trinajstić information content (AvgIpc) is 3.08. The highest BCUT2D eigenvalue weighted by Gasteiger charge is 2.33. The number of carbonyl (C=O) groups excluding carboxylic acids is 1. The van der Waals surface area contributed by atoms with E-state index in [4.69, 9.17) is 5.73 Å². The predicted molar refractivity (Wildman–Crippen MR) is 102 cm³/mol. The van der Waals surface area contributed by atoms with E-state index in [2.05, 4.69) is 15.3 Å². The first-order valence-electron chi connectivity index (χ1n) is 8.69. The summed E-state index contributed by atoms with van der Waals surface area (Å²) in [5.74, 6) is 1.96. The fraction of sp³-hybridized carbons (Fsp3) is 0.500. The zero-order valence-corrected chi connectivity index (χ0v) is 15.0. The minimum atomic E-state index is -0.188. The van der Waals surface area contributed by atoms with Gasteiger partial charge < -0.3 is 16.0 Å². The van der Waals surface area contributed by atoms with Crippen LogP contribution < -0.4 is 16.6 Å². The highest BCUT2D eigenvalue weighted by Crippen LogP contribution is 2.28. The lowest BCUT2D eigenvalue weighted by Gasteiger charge is -2.28. The van der Waals surface area contributed by atoms with Crippen molar-refractivity contribution in [3.8, 4) is 0 Å². The minimum Gasteiger partial charge on any atom is -0.349 e. The van der Waals surface area contributed by atoms with Crippen LogP contribution in [0.1, 0.15) is 37.9 Å². The van der Waals surface area contributed by atoms with Gasteiger partial charge in [-0.3, -0.25) is 9.59 Å². The molecule has 1 aliphatic carbocycles. The van der Waals surface area contributed by atoms with Gasteiger partial charge >= 0.3 is 0 Å². The second-order valence-corrected chi connectivity index (χ2v) is 7.68. The molecule has 3 rings (SSSR count). The Balaban J connectivity index is 1.48. The number of aromatic amines is 1. The Kier molecular flexibility index (Phi) is 5.75. The van der Waals surface area contributed by atoms with Gasteiger partial charge in [0, 0.05) is 18.7 Å². The number of rotatable bonds is 7. The zero-order valence-electron chi connectivity index (χ0n) is 14.2. The van der Waals surface area contributed by atoms with Crippen LogP contribution in [0.5, 0.6) is 0 Å². The summed E-state index contributed by atoms with van der Waals surface area (Å²) in [7, 11) is 0. The molecule has 2 aromatic rings. The quantitative estimate of drug-likeness (QED) is 0.655. The van der Waals surface area contributed by atoms with Gasteiger partial charge in [0.15, 0.2) is 0 Å². The van der Waals surface area contributed by atoms with E-state index in [0.29, 0.717) is 41.2 Å². The smallest absolute Gasteiger partial charge is 0.258 e. The van der Waals surface area contributed by atoms with Gasteiger partial charge in [0.1, 0.15) is 5.82 Å². The van der Waals surface area contributed by atoms with Crippen LogP contribution >= 0.6 is 11.8 Å². The van der Waals surface area contributed by atoms with Crippen molar-refractivity contribution in [2.75, 3.05) is 12.3 Å². The molecule has 1 aromatic heterocycles. The third-order valence-electron chi connectivity index (χ3n) is 4.73. The molecule has 0 spiro atoms. The van der Waals surface area contributed by atoms with E-state index >= 15 is 0 Å². The van der Waals surface area contributed by atoms with Crippen LogP contribution in [0.2, 0.25) is 0 Å². The Labute approximate surface area is 151 Å². The van der Waals surface area contributed by atoms with Gasteiger partial charge in [-0.05, 0) is 25.0 Å². The number of benzene rings is 1. The van der Waals surface area contributed by atoms with E-state index in [-0.39, 0.29) is 17.0 Å². The second-order valence-electron chi connectivity index (χ2n) is 6.57. The van der Waals surface area contributed by atoms with Gasteiger partial charge in [0.2, 0.25) is 5.91 Å². The van der Waals surface area contributed by atoms with Gasteiger partial charge in [0.25, 0.3) is 5.56 Å². The molecule has 1 heterocycles. The van der Waals surface area contributed by atoms with Gasteiger partial charge in [-0.25, -0.2) is 4.98 Å². The lowest BCUT2D eigenvalue weighted by Crippen LogP contribution is -2.51. The summed E-state index contributed by atoms with van der Waals surface area (Å²) >= 11 is 1.59. The standard InChI is InChI=1S/C18H24N4O2S/c19-12-18(8-3-4-9-18)22-16(23)7-10-25-11-15-20-14-6-2-1-5-13(14)17(24)21-15/h1-2,5-6H,3-4,7-12,19H2,(H,22,23)(H,20,21,24). The van der Waals surface area contributed by atoms with Crippen molar-refractivity contribution in [3.05, 3.63) is 40.4 Å². The van der Waals surface area contributed by atoms with Crippen molar-refractivity contribution < 1.29 is 4.79 Å². The molecule has 1 aromatic carbocycles. The number of thioether (sulfide) groups is 1. The maximum atomic E-state index is 12.1. The summed E-state index contributed by atoms with van der Waals surface area (Å²) in [5.41, 5.74) is 6.24. The number of nitrogens with zero attached hydrogens (tertiary/aromatic N) is 1. The number of nitrogens with two attached hydrogens (primary N) is 1. The first kappa shape index (κ1) is 17.9. The summed E-state index contributed by atoms with van der Waals surface area (Å²) in [6.45, 7) is 0.508. The maximum Gasteiger partial charge on any atom is 0.258 e. The van der Waals surface area contributed by atoms with Crippen LogP contribution in [-0.2, 0) is 10.5 Å². The summed E-state index contributed by atoms with van der Waals surface area (Å²) in [6.07, 6.45) is 4.67. The van der Waals surface area contributed by atoms with E-state index in [9.17, 15) is 9.59 Å². The van der Waals surface area contributed by atoms with Crippen molar-refractivity contribution in [2.24, 2.45) is 5.73 Å². The van der Waals surface area contributed by atoms with Crippen LogP contribution in [0.4, 0.5) is 0 Å². The molecule has 1 fully saturated rings. The molecule has 0 unspecified atom stereocenters. The molecule has 1 saturated carbocycles. The van der Waals surface area contributed by atoms with E-state index in [0.717, 1.165) is 25.7 Å². The highest BCUT2D eigenvalue weighted by molar-refractivity contribution is 7.98. The minimum absolute atomic E-state index is 0.0554. The molecule has 7 heteroatoms. The zero-order chi connectivity index (χ0) is 17.7. The Morgan fingerprint density at radius 2 is 2.08 bits per heavy atom. The average molecular weight is 360 g/mol. The topological polar surface area (TPSA) is 101 Å². The molecule has 1 aliphatic rings. The number of carbonyl (C=O) groups is 1. The Hall–Kier alpha value is -1.86. The normalized spacial score (nSPS) is 16.2. The number of para-hydroxylation sites is 1. The van der Waals surface area contributed by atoms with E-state index in [1.807, 2.05) is 18.2 Å². The molecule has 1 amide bonds. The number of amides is 1. The number of aromatic nitrogens is 2. The molecule has 25 heavy (non-hydrogen) atoms. The van der Waals surface area contributed by atoms with E-state index in [1.165, 1.54) is 0 Å². The van der Waals surface area contributed by atoms with Crippen molar-refractivity contribution >= 4 is 28.6 Å².